The number of aromatic nitrogens is 1. The monoisotopic (exact) mass is 351 g/mol. The zero-order valence-electron chi connectivity index (χ0n) is 15.0. The van der Waals surface area contributed by atoms with Crippen molar-refractivity contribution in [3.8, 4) is 0 Å². The van der Waals surface area contributed by atoms with Gasteiger partial charge >= 0.3 is 0 Å². The number of rotatable bonds is 4. The molecule has 1 aromatic carbocycles. The number of nitrogens with zero attached hydrogens (tertiary/aromatic N) is 3. The zero-order valence-corrected chi connectivity index (χ0v) is 15.0. The molecule has 5 nitrogen and oxygen atoms in total. The normalized spacial score (nSPS) is 20.6. The van der Waals surface area contributed by atoms with Gasteiger partial charge in [0.1, 0.15) is 0 Å². The fourth-order valence-electron chi connectivity index (χ4n) is 3.79. The Morgan fingerprint density at radius 3 is 2.92 bits per heavy atom. The number of carbonyl (C=O) groups excluding carboxylic acids is 1. The van der Waals surface area contributed by atoms with E-state index in [1.165, 1.54) is 11.1 Å². The van der Waals surface area contributed by atoms with E-state index in [9.17, 15) is 4.79 Å². The van der Waals surface area contributed by atoms with Crippen LogP contribution in [-0.4, -0.2) is 53.0 Å². The highest BCUT2D eigenvalue weighted by molar-refractivity contribution is 5.77. The molecule has 0 aliphatic carbocycles. The molecular weight excluding hydrogens is 326 g/mol. The molecule has 2 aromatic rings. The van der Waals surface area contributed by atoms with Gasteiger partial charge in [-0.15, -0.1) is 0 Å². The summed E-state index contributed by atoms with van der Waals surface area (Å²) in [5.41, 5.74) is 3.60. The number of morpholine rings is 1. The Morgan fingerprint density at radius 2 is 2.04 bits per heavy atom. The summed E-state index contributed by atoms with van der Waals surface area (Å²) in [6, 6.07) is 14.5. The van der Waals surface area contributed by atoms with Crippen LogP contribution >= 0.6 is 0 Å². The summed E-state index contributed by atoms with van der Waals surface area (Å²) in [6.45, 7) is 4.76. The van der Waals surface area contributed by atoms with Gasteiger partial charge in [0, 0.05) is 51.0 Å². The van der Waals surface area contributed by atoms with Gasteiger partial charge < -0.3 is 9.64 Å². The fourth-order valence-corrected chi connectivity index (χ4v) is 3.79. The van der Waals surface area contributed by atoms with Crippen LogP contribution in [0.1, 0.15) is 23.2 Å². The summed E-state index contributed by atoms with van der Waals surface area (Å²) in [5.74, 6) is 0.186. The van der Waals surface area contributed by atoms with Crippen molar-refractivity contribution in [2.75, 3.05) is 26.2 Å². The van der Waals surface area contributed by atoms with E-state index in [2.05, 4.69) is 40.2 Å². The Hall–Kier alpha value is -2.24. The third kappa shape index (κ3) is 4.11. The van der Waals surface area contributed by atoms with Crippen LogP contribution in [0.3, 0.4) is 0 Å². The number of hydrogen-bond donors (Lipinski definition) is 0. The Morgan fingerprint density at radius 1 is 1.15 bits per heavy atom. The molecular formula is C21H25N3O2. The van der Waals surface area contributed by atoms with Crippen molar-refractivity contribution in [3.05, 3.63) is 65.5 Å². The highest BCUT2D eigenvalue weighted by atomic mass is 16.5. The molecule has 4 rings (SSSR count). The summed E-state index contributed by atoms with van der Waals surface area (Å²) in [5, 5.41) is 0. The third-order valence-corrected chi connectivity index (χ3v) is 5.19. The Bertz CT molecular complexity index is 750. The lowest BCUT2D eigenvalue weighted by Gasteiger charge is -2.34. The molecule has 0 N–H and O–H groups in total. The molecule has 26 heavy (non-hydrogen) atoms. The second-order valence-electron chi connectivity index (χ2n) is 7.09. The first-order valence-electron chi connectivity index (χ1n) is 9.36. The maximum Gasteiger partial charge on any atom is 0.225 e. The number of amides is 1. The van der Waals surface area contributed by atoms with Crippen molar-refractivity contribution >= 4 is 5.91 Å². The lowest BCUT2D eigenvalue weighted by atomic mass is 10.0. The molecule has 136 valence electrons. The van der Waals surface area contributed by atoms with Crippen LogP contribution in [0.4, 0.5) is 0 Å². The maximum absolute atomic E-state index is 12.7. The highest BCUT2D eigenvalue weighted by Crippen LogP contribution is 2.19. The van der Waals surface area contributed by atoms with E-state index in [1.54, 1.807) is 0 Å². The number of hydrogen-bond acceptors (Lipinski definition) is 4. The summed E-state index contributed by atoms with van der Waals surface area (Å²) >= 11 is 0. The minimum atomic E-state index is -0.0183. The SMILES string of the molecule is O=C(CC1CN(Cc2ccccc2)CCO1)N1CCc2ncccc2C1. The standard InChI is InChI=1S/C21H25N3O2/c25-21(24-10-8-20-18(15-24)7-4-9-22-20)13-19-16-23(11-12-26-19)14-17-5-2-1-3-6-17/h1-7,9,19H,8,10-16H2. The van der Waals surface area contributed by atoms with Gasteiger partial charge in [-0.1, -0.05) is 36.4 Å². The Labute approximate surface area is 154 Å². The van der Waals surface area contributed by atoms with Crippen LogP contribution in [-0.2, 0) is 29.0 Å². The molecule has 0 bridgehead atoms. The van der Waals surface area contributed by atoms with Crippen LogP contribution in [0.5, 0.6) is 0 Å². The largest absolute Gasteiger partial charge is 0.375 e. The van der Waals surface area contributed by atoms with Gasteiger partial charge in [-0.3, -0.25) is 14.7 Å². The topological polar surface area (TPSA) is 45.7 Å². The van der Waals surface area contributed by atoms with Gasteiger partial charge in [0.15, 0.2) is 0 Å². The maximum atomic E-state index is 12.7. The van der Waals surface area contributed by atoms with Crippen LogP contribution in [0.15, 0.2) is 48.7 Å². The van der Waals surface area contributed by atoms with Crippen LogP contribution in [0.25, 0.3) is 0 Å². The van der Waals surface area contributed by atoms with Gasteiger partial charge in [0.2, 0.25) is 5.91 Å². The highest BCUT2D eigenvalue weighted by Gasteiger charge is 2.27. The van der Waals surface area contributed by atoms with Crippen LogP contribution in [0.2, 0.25) is 0 Å². The van der Waals surface area contributed by atoms with E-state index < -0.39 is 0 Å². The van der Waals surface area contributed by atoms with Gasteiger partial charge in [-0.2, -0.15) is 0 Å². The summed E-state index contributed by atoms with van der Waals surface area (Å²) < 4.78 is 5.88. The predicted octanol–water partition coefficient (Wildman–Crippen LogP) is 2.26. The number of pyridine rings is 1. The van der Waals surface area contributed by atoms with Crippen molar-refractivity contribution in [1.29, 1.82) is 0 Å². The second kappa shape index (κ2) is 7.98. The molecule has 2 aliphatic heterocycles. The first-order valence-corrected chi connectivity index (χ1v) is 9.36. The molecule has 0 saturated carbocycles. The molecule has 0 spiro atoms. The first kappa shape index (κ1) is 17.2. The molecule has 5 heteroatoms. The van der Waals surface area contributed by atoms with Gasteiger partial charge in [-0.05, 0) is 17.2 Å². The molecule has 1 fully saturated rings. The van der Waals surface area contributed by atoms with Crippen molar-refractivity contribution in [3.63, 3.8) is 0 Å². The fraction of sp³-hybridized carbons (Fsp3) is 0.429. The van der Waals surface area contributed by atoms with Crippen molar-refractivity contribution < 1.29 is 9.53 Å². The average molecular weight is 351 g/mol. The molecule has 1 aromatic heterocycles. The molecule has 1 unspecified atom stereocenters. The number of fused-ring (bicyclic) bond motifs is 1. The lowest BCUT2D eigenvalue weighted by Crippen LogP contribution is -2.45. The van der Waals surface area contributed by atoms with E-state index in [1.807, 2.05) is 23.2 Å². The third-order valence-electron chi connectivity index (χ3n) is 5.19. The predicted molar refractivity (Wildman–Crippen MR) is 99.4 cm³/mol. The Kier molecular flexibility index (Phi) is 5.27. The number of carbonyl (C=O) groups is 1. The van der Waals surface area contributed by atoms with Gasteiger partial charge in [0.05, 0.1) is 19.1 Å². The van der Waals surface area contributed by atoms with Crippen molar-refractivity contribution in [2.45, 2.75) is 32.0 Å². The minimum absolute atomic E-state index is 0.0183. The molecule has 3 heterocycles. The van der Waals surface area contributed by atoms with Gasteiger partial charge in [-0.25, -0.2) is 0 Å². The molecule has 0 radical (unpaired) electrons. The second-order valence-corrected chi connectivity index (χ2v) is 7.09. The van der Waals surface area contributed by atoms with Crippen LogP contribution < -0.4 is 0 Å². The lowest BCUT2D eigenvalue weighted by molar-refractivity contribution is -0.137. The van der Waals surface area contributed by atoms with E-state index >= 15 is 0 Å². The number of ether oxygens (including phenoxy) is 1. The first-order chi connectivity index (χ1) is 12.8. The van der Waals surface area contributed by atoms with E-state index in [-0.39, 0.29) is 12.0 Å². The zero-order chi connectivity index (χ0) is 17.8. The van der Waals surface area contributed by atoms with E-state index in [0.29, 0.717) is 19.6 Å². The van der Waals surface area contributed by atoms with Crippen molar-refractivity contribution in [1.82, 2.24) is 14.8 Å². The van der Waals surface area contributed by atoms with E-state index in [4.69, 9.17) is 4.74 Å². The summed E-state index contributed by atoms with van der Waals surface area (Å²) in [6.07, 6.45) is 3.11. The number of benzene rings is 1. The molecule has 1 amide bonds. The Balaban J connectivity index is 1.31. The van der Waals surface area contributed by atoms with Crippen molar-refractivity contribution in [2.24, 2.45) is 0 Å². The molecule has 2 aliphatic rings. The molecule has 1 atom stereocenters. The van der Waals surface area contributed by atoms with Gasteiger partial charge in [0.25, 0.3) is 0 Å². The summed E-state index contributed by atoms with van der Waals surface area (Å²) in [7, 11) is 0. The molecule has 1 saturated heterocycles. The smallest absolute Gasteiger partial charge is 0.225 e. The van der Waals surface area contributed by atoms with Crippen LogP contribution in [0, 0.1) is 0 Å². The summed E-state index contributed by atoms with van der Waals surface area (Å²) in [4.78, 5) is 21.5. The average Bonchev–Trinajstić information content (AvgIpc) is 2.68. The van der Waals surface area contributed by atoms with E-state index in [0.717, 1.165) is 38.3 Å². The minimum Gasteiger partial charge on any atom is -0.375 e. The quantitative estimate of drug-likeness (QED) is 0.848.